The van der Waals surface area contributed by atoms with Crippen molar-refractivity contribution in [3.05, 3.63) is 57.5 Å². The molecule has 23 heavy (non-hydrogen) atoms. The highest BCUT2D eigenvalue weighted by atomic mass is 32.1. The number of amides is 1. The Balaban J connectivity index is 1.62. The number of hydrogen-bond donors (Lipinski definition) is 0. The Hall–Kier alpha value is -2.01. The summed E-state index contributed by atoms with van der Waals surface area (Å²) in [4.78, 5) is 27.9. The van der Waals surface area contributed by atoms with Gasteiger partial charge in [0.1, 0.15) is 5.82 Å². The predicted molar refractivity (Wildman–Crippen MR) is 88.0 cm³/mol. The van der Waals surface area contributed by atoms with Crippen molar-refractivity contribution in [2.45, 2.75) is 26.3 Å². The minimum Gasteiger partial charge on any atom is -0.338 e. The second kappa shape index (κ2) is 6.62. The van der Waals surface area contributed by atoms with Crippen LogP contribution in [0, 0.1) is 11.7 Å². The van der Waals surface area contributed by atoms with Crippen molar-refractivity contribution in [3.8, 4) is 0 Å². The van der Waals surface area contributed by atoms with Crippen molar-refractivity contribution >= 4 is 23.0 Å². The van der Waals surface area contributed by atoms with Gasteiger partial charge in [-0.15, -0.1) is 11.3 Å². The van der Waals surface area contributed by atoms with E-state index in [1.165, 1.54) is 28.6 Å². The molecule has 2 aromatic rings. The van der Waals surface area contributed by atoms with Crippen LogP contribution in [0.4, 0.5) is 4.39 Å². The standard InChI is InChI=1S/C18H18FNO2S/c1-12(18(22)13-3-2-4-15(19)10-13)9-17(21)20-7-5-16-14(11-20)6-8-23-16/h2-4,6,8,10,12H,5,7,9,11H2,1H3/t12-/m1/s1. The van der Waals surface area contributed by atoms with Crippen molar-refractivity contribution in [1.29, 1.82) is 0 Å². The SMILES string of the molecule is C[C@H](CC(=O)N1CCc2sccc2C1)C(=O)c1cccc(F)c1. The van der Waals surface area contributed by atoms with E-state index in [2.05, 4.69) is 11.4 Å². The lowest BCUT2D eigenvalue weighted by atomic mass is 9.95. The number of nitrogens with zero attached hydrogens (tertiary/aromatic N) is 1. The topological polar surface area (TPSA) is 37.4 Å². The molecule has 1 aromatic heterocycles. The average Bonchev–Trinajstić information content (AvgIpc) is 3.01. The maximum absolute atomic E-state index is 13.2. The Bertz CT molecular complexity index is 740. The molecule has 0 unspecified atom stereocenters. The van der Waals surface area contributed by atoms with Crippen molar-refractivity contribution in [2.75, 3.05) is 6.54 Å². The summed E-state index contributed by atoms with van der Waals surface area (Å²) in [5.74, 6) is -1.09. The Kier molecular flexibility index (Phi) is 4.57. The summed E-state index contributed by atoms with van der Waals surface area (Å²) in [6, 6.07) is 7.69. The fourth-order valence-corrected chi connectivity index (χ4v) is 3.76. The van der Waals surface area contributed by atoms with E-state index in [4.69, 9.17) is 0 Å². The summed E-state index contributed by atoms with van der Waals surface area (Å²) in [7, 11) is 0. The molecule has 1 aliphatic heterocycles. The largest absolute Gasteiger partial charge is 0.338 e. The van der Waals surface area contributed by atoms with E-state index in [9.17, 15) is 14.0 Å². The second-order valence-electron chi connectivity index (χ2n) is 5.91. The number of Topliss-reactive ketones (excluding diaryl/α,β-unsaturated/α-hetero) is 1. The van der Waals surface area contributed by atoms with Crippen LogP contribution in [0.15, 0.2) is 35.7 Å². The highest BCUT2D eigenvalue weighted by Gasteiger charge is 2.25. The lowest BCUT2D eigenvalue weighted by Gasteiger charge is -2.28. The first-order valence-electron chi connectivity index (χ1n) is 7.67. The van der Waals surface area contributed by atoms with Crippen molar-refractivity contribution < 1.29 is 14.0 Å². The number of rotatable bonds is 4. The van der Waals surface area contributed by atoms with Crippen LogP contribution < -0.4 is 0 Å². The van der Waals surface area contributed by atoms with E-state index in [-0.39, 0.29) is 18.1 Å². The number of thiophene rings is 1. The summed E-state index contributed by atoms with van der Waals surface area (Å²) in [5, 5.41) is 2.05. The second-order valence-corrected chi connectivity index (χ2v) is 6.91. The number of carbonyl (C=O) groups excluding carboxylic acids is 2. The highest BCUT2D eigenvalue weighted by Crippen LogP contribution is 2.25. The first kappa shape index (κ1) is 15.9. The number of carbonyl (C=O) groups is 2. The van der Waals surface area contributed by atoms with Gasteiger partial charge in [0, 0.05) is 35.9 Å². The van der Waals surface area contributed by atoms with Gasteiger partial charge >= 0.3 is 0 Å². The molecule has 120 valence electrons. The third kappa shape index (κ3) is 3.50. The number of halogens is 1. The van der Waals surface area contributed by atoms with Gasteiger partial charge in [-0.25, -0.2) is 4.39 Å². The predicted octanol–water partition coefficient (Wildman–Crippen LogP) is 3.68. The van der Waals surface area contributed by atoms with Crippen molar-refractivity contribution in [1.82, 2.24) is 4.90 Å². The van der Waals surface area contributed by atoms with E-state index in [1.54, 1.807) is 24.3 Å². The zero-order valence-corrected chi connectivity index (χ0v) is 13.7. The zero-order valence-electron chi connectivity index (χ0n) is 12.9. The molecule has 0 spiro atoms. The third-order valence-electron chi connectivity index (χ3n) is 4.20. The van der Waals surface area contributed by atoms with Gasteiger partial charge in [0.15, 0.2) is 5.78 Å². The minimum atomic E-state index is -0.451. The summed E-state index contributed by atoms with van der Waals surface area (Å²) in [6.45, 7) is 3.05. The molecular weight excluding hydrogens is 313 g/mol. The summed E-state index contributed by atoms with van der Waals surface area (Å²) < 4.78 is 13.2. The minimum absolute atomic E-state index is 0.0147. The summed E-state index contributed by atoms with van der Waals surface area (Å²) >= 11 is 1.73. The van der Waals surface area contributed by atoms with E-state index >= 15 is 0 Å². The maximum Gasteiger partial charge on any atom is 0.223 e. The van der Waals surface area contributed by atoms with Crippen LogP contribution in [0.2, 0.25) is 0 Å². The van der Waals surface area contributed by atoms with Crippen LogP contribution in [-0.4, -0.2) is 23.1 Å². The molecule has 2 heterocycles. The van der Waals surface area contributed by atoms with E-state index in [1.807, 2.05) is 4.90 Å². The van der Waals surface area contributed by atoms with Gasteiger partial charge in [0.2, 0.25) is 5.91 Å². The molecule has 1 amide bonds. The van der Waals surface area contributed by atoms with E-state index in [0.717, 1.165) is 6.42 Å². The smallest absolute Gasteiger partial charge is 0.223 e. The lowest BCUT2D eigenvalue weighted by Crippen LogP contribution is -2.36. The average molecular weight is 331 g/mol. The summed E-state index contributed by atoms with van der Waals surface area (Å²) in [5.41, 5.74) is 1.53. The van der Waals surface area contributed by atoms with Gasteiger partial charge in [0.25, 0.3) is 0 Å². The Morgan fingerprint density at radius 3 is 2.96 bits per heavy atom. The molecule has 0 aliphatic carbocycles. The van der Waals surface area contributed by atoms with Gasteiger partial charge in [-0.05, 0) is 35.6 Å². The van der Waals surface area contributed by atoms with Crippen LogP contribution in [-0.2, 0) is 17.8 Å². The molecule has 5 heteroatoms. The highest BCUT2D eigenvalue weighted by molar-refractivity contribution is 7.10. The fourth-order valence-electron chi connectivity index (χ4n) is 2.87. The molecule has 1 aliphatic rings. The van der Waals surface area contributed by atoms with Crippen LogP contribution >= 0.6 is 11.3 Å². The Morgan fingerprint density at radius 2 is 2.17 bits per heavy atom. The molecule has 3 nitrogen and oxygen atoms in total. The maximum atomic E-state index is 13.2. The molecule has 0 N–H and O–H groups in total. The third-order valence-corrected chi connectivity index (χ3v) is 5.22. The van der Waals surface area contributed by atoms with Crippen LogP contribution in [0.3, 0.4) is 0 Å². The number of benzene rings is 1. The Labute approximate surface area is 138 Å². The van der Waals surface area contributed by atoms with Gasteiger partial charge in [-0.1, -0.05) is 19.1 Å². The molecule has 0 fully saturated rings. The molecule has 0 saturated heterocycles. The Morgan fingerprint density at radius 1 is 1.35 bits per heavy atom. The van der Waals surface area contributed by atoms with Crippen LogP contribution in [0.1, 0.15) is 34.1 Å². The van der Waals surface area contributed by atoms with Gasteiger partial charge < -0.3 is 4.90 Å². The van der Waals surface area contributed by atoms with Crippen LogP contribution in [0.25, 0.3) is 0 Å². The first-order chi connectivity index (χ1) is 11.0. The molecule has 1 aromatic carbocycles. The molecule has 3 rings (SSSR count). The first-order valence-corrected chi connectivity index (χ1v) is 8.55. The quantitative estimate of drug-likeness (QED) is 0.802. The lowest BCUT2D eigenvalue weighted by molar-refractivity contribution is -0.132. The normalized spacial score (nSPS) is 15.1. The zero-order chi connectivity index (χ0) is 16.4. The van der Waals surface area contributed by atoms with E-state index < -0.39 is 11.7 Å². The number of hydrogen-bond acceptors (Lipinski definition) is 3. The number of ketones is 1. The van der Waals surface area contributed by atoms with Gasteiger partial charge in [0.05, 0.1) is 0 Å². The number of fused-ring (bicyclic) bond motifs is 1. The van der Waals surface area contributed by atoms with Gasteiger partial charge in [-0.2, -0.15) is 0 Å². The fraction of sp³-hybridized carbons (Fsp3) is 0.333. The van der Waals surface area contributed by atoms with E-state index in [0.29, 0.717) is 18.7 Å². The molecule has 0 saturated carbocycles. The van der Waals surface area contributed by atoms with Crippen LogP contribution in [0.5, 0.6) is 0 Å². The van der Waals surface area contributed by atoms with Crippen molar-refractivity contribution in [2.24, 2.45) is 5.92 Å². The summed E-state index contributed by atoms with van der Waals surface area (Å²) in [6.07, 6.45) is 1.04. The molecular formula is C18H18FNO2S. The monoisotopic (exact) mass is 331 g/mol. The molecule has 0 bridgehead atoms. The molecule has 0 radical (unpaired) electrons. The van der Waals surface area contributed by atoms with Crippen molar-refractivity contribution in [3.63, 3.8) is 0 Å². The van der Waals surface area contributed by atoms with Gasteiger partial charge in [-0.3, -0.25) is 9.59 Å². The molecule has 1 atom stereocenters.